The summed E-state index contributed by atoms with van der Waals surface area (Å²) in [6, 6.07) is 11.8. The molecule has 1 saturated heterocycles. The molecule has 0 unspecified atom stereocenters. The van der Waals surface area contributed by atoms with Crippen LogP contribution >= 0.6 is 0 Å². The maximum Gasteiger partial charge on any atom is 0.211 e. The van der Waals surface area contributed by atoms with Gasteiger partial charge in [-0.15, -0.1) is 0 Å². The van der Waals surface area contributed by atoms with E-state index in [-0.39, 0.29) is 11.8 Å². The molecule has 0 bridgehead atoms. The second-order valence-corrected chi connectivity index (χ2v) is 8.64. The van der Waals surface area contributed by atoms with Gasteiger partial charge in [0.15, 0.2) is 0 Å². The minimum absolute atomic E-state index is 0.0221. The highest BCUT2D eigenvalue weighted by Crippen LogP contribution is 2.29. The largest absolute Gasteiger partial charge is 0.508 e. The molecule has 25 heavy (non-hydrogen) atoms. The number of rotatable bonds is 6. The summed E-state index contributed by atoms with van der Waals surface area (Å²) in [5, 5.41) is 12.5. The zero-order valence-corrected chi connectivity index (χ0v) is 15.4. The van der Waals surface area contributed by atoms with Gasteiger partial charge in [-0.25, -0.2) is 13.1 Å². The van der Waals surface area contributed by atoms with Gasteiger partial charge in [0.2, 0.25) is 10.0 Å². The van der Waals surface area contributed by atoms with Crippen molar-refractivity contribution in [2.45, 2.75) is 38.8 Å². The predicted octanol–water partition coefficient (Wildman–Crippen LogP) is 2.84. The van der Waals surface area contributed by atoms with Crippen LogP contribution in [0.15, 0.2) is 36.4 Å². The van der Waals surface area contributed by atoms with E-state index in [1.165, 1.54) is 0 Å². The van der Waals surface area contributed by atoms with Crippen molar-refractivity contribution in [3.8, 4) is 5.75 Å². The predicted molar refractivity (Wildman–Crippen MR) is 101 cm³/mol. The summed E-state index contributed by atoms with van der Waals surface area (Å²) in [5.74, 6) is 0.515. The molecule has 1 heterocycles. The lowest BCUT2D eigenvalue weighted by Crippen LogP contribution is -2.44. The first-order chi connectivity index (χ1) is 12.0. The molecule has 0 amide bonds. The van der Waals surface area contributed by atoms with Crippen LogP contribution in [-0.4, -0.2) is 43.3 Å². The van der Waals surface area contributed by atoms with E-state index in [1.54, 1.807) is 6.07 Å². The number of hydrogen-bond acceptors (Lipinski definition) is 4. The van der Waals surface area contributed by atoms with E-state index in [4.69, 9.17) is 0 Å². The van der Waals surface area contributed by atoms with Crippen LogP contribution in [0.3, 0.4) is 0 Å². The number of benzene rings is 2. The fourth-order valence-electron chi connectivity index (χ4n) is 3.50. The van der Waals surface area contributed by atoms with Crippen LogP contribution < -0.4 is 4.72 Å². The molecule has 3 rings (SSSR count). The molecule has 0 saturated carbocycles. The number of piperidine rings is 1. The number of aromatic hydroxyl groups is 1. The van der Waals surface area contributed by atoms with Gasteiger partial charge in [-0.05, 0) is 36.1 Å². The number of likely N-dealkylation sites (tertiary alicyclic amines) is 1. The van der Waals surface area contributed by atoms with Gasteiger partial charge < -0.3 is 5.11 Å². The van der Waals surface area contributed by atoms with Crippen molar-refractivity contribution >= 4 is 20.8 Å². The summed E-state index contributed by atoms with van der Waals surface area (Å²) in [6.45, 7) is 4.20. The molecule has 0 aliphatic carbocycles. The van der Waals surface area contributed by atoms with Crippen molar-refractivity contribution in [3.05, 3.63) is 42.0 Å². The van der Waals surface area contributed by atoms with E-state index in [1.807, 2.05) is 37.3 Å². The van der Waals surface area contributed by atoms with Gasteiger partial charge in [0.05, 0.1) is 5.75 Å². The Bertz CT molecular complexity index is 828. The van der Waals surface area contributed by atoms with Gasteiger partial charge in [0.25, 0.3) is 0 Å². The first-order valence-corrected chi connectivity index (χ1v) is 10.6. The van der Waals surface area contributed by atoms with Crippen molar-refractivity contribution in [3.63, 3.8) is 0 Å². The molecule has 136 valence electrons. The molecular weight excluding hydrogens is 336 g/mol. The lowest BCUT2D eigenvalue weighted by Gasteiger charge is -2.32. The second kappa shape index (κ2) is 7.72. The molecule has 1 fully saturated rings. The highest BCUT2D eigenvalue weighted by Gasteiger charge is 2.24. The Morgan fingerprint density at radius 3 is 2.60 bits per heavy atom. The molecular formula is C19H26N2O3S. The topological polar surface area (TPSA) is 69.6 Å². The number of fused-ring (bicyclic) bond motifs is 1. The third kappa shape index (κ3) is 4.51. The zero-order valence-electron chi connectivity index (χ0n) is 14.6. The van der Waals surface area contributed by atoms with Crippen LogP contribution in [0.2, 0.25) is 0 Å². The smallest absolute Gasteiger partial charge is 0.211 e. The Balaban J connectivity index is 1.64. The Morgan fingerprint density at radius 2 is 1.88 bits per heavy atom. The maximum absolute atomic E-state index is 11.9. The number of phenolic OH excluding ortho intramolecular Hbond substituents is 1. The van der Waals surface area contributed by atoms with Crippen LogP contribution in [0, 0.1) is 0 Å². The summed E-state index contributed by atoms with van der Waals surface area (Å²) in [4.78, 5) is 2.28. The Hall–Kier alpha value is -1.63. The van der Waals surface area contributed by atoms with E-state index in [9.17, 15) is 13.5 Å². The third-order valence-electron chi connectivity index (χ3n) is 4.80. The monoisotopic (exact) mass is 362 g/mol. The number of nitrogens with zero attached hydrogens (tertiary/aromatic N) is 1. The van der Waals surface area contributed by atoms with Crippen LogP contribution in [-0.2, 0) is 16.6 Å². The highest BCUT2D eigenvalue weighted by molar-refractivity contribution is 7.89. The number of hydrogen-bond donors (Lipinski definition) is 2. The minimum Gasteiger partial charge on any atom is -0.508 e. The average Bonchev–Trinajstić information content (AvgIpc) is 2.58. The SMILES string of the molecule is CCCS(=O)(=O)NC1CCN(Cc2c(O)ccc3ccccc23)CC1. The Kier molecular flexibility index (Phi) is 5.61. The van der Waals surface area contributed by atoms with Crippen LogP contribution in [0.5, 0.6) is 5.75 Å². The van der Waals surface area contributed by atoms with Gasteiger partial charge in [-0.2, -0.15) is 0 Å². The second-order valence-electron chi connectivity index (χ2n) is 6.77. The van der Waals surface area contributed by atoms with Gasteiger partial charge >= 0.3 is 0 Å². The Morgan fingerprint density at radius 1 is 1.16 bits per heavy atom. The molecule has 0 atom stereocenters. The molecule has 2 aromatic rings. The summed E-state index contributed by atoms with van der Waals surface area (Å²) < 4.78 is 26.6. The zero-order chi connectivity index (χ0) is 17.9. The number of sulfonamides is 1. The summed E-state index contributed by atoms with van der Waals surface area (Å²) in [7, 11) is -3.15. The molecule has 0 spiro atoms. The van der Waals surface area contributed by atoms with Gasteiger partial charge in [-0.3, -0.25) is 4.90 Å². The van der Waals surface area contributed by atoms with Crippen molar-refractivity contribution in [1.82, 2.24) is 9.62 Å². The maximum atomic E-state index is 11.9. The summed E-state index contributed by atoms with van der Waals surface area (Å²) in [6.07, 6.45) is 2.23. The summed E-state index contributed by atoms with van der Waals surface area (Å²) in [5.41, 5.74) is 0.947. The van der Waals surface area contributed by atoms with Gasteiger partial charge in [0, 0.05) is 31.2 Å². The molecule has 1 aliphatic heterocycles. The Labute approximate surface area is 149 Å². The fourth-order valence-corrected chi connectivity index (χ4v) is 4.90. The number of nitrogens with one attached hydrogen (secondary N) is 1. The van der Waals surface area contributed by atoms with E-state index >= 15 is 0 Å². The fraction of sp³-hybridized carbons (Fsp3) is 0.474. The normalized spacial score (nSPS) is 17.2. The molecule has 2 N–H and O–H groups in total. The van der Waals surface area contributed by atoms with E-state index in [0.29, 0.717) is 18.7 Å². The molecule has 6 heteroatoms. The van der Waals surface area contributed by atoms with Crippen LogP contribution in [0.4, 0.5) is 0 Å². The minimum atomic E-state index is -3.15. The molecule has 2 aromatic carbocycles. The lowest BCUT2D eigenvalue weighted by atomic mass is 10.0. The van der Waals surface area contributed by atoms with Crippen LogP contribution in [0.25, 0.3) is 10.8 Å². The third-order valence-corrected chi connectivity index (χ3v) is 6.44. The first-order valence-electron chi connectivity index (χ1n) is 8.90. The number of phenols is 1. The van der Waals surface area contributed by atoms with Gasteiger partial charge in [-0.1, -0.05) is 37.3 Å². The van der Waals surface area contributed by atoms with Crippen molar-refractivity contribution in [2.24, 2.45) is 0 Å². The first kappa shape index (κ1) is 18.2. The quantitative estimate of drug-likeness (QED) is 0.829. The van der Waals surface area contributed by atoms with E-state index in [2.05, 4.69) is 9.62 Å². The molecule has 0 aromatic heterocycles. The highest BCUT2D eigenvalue weighted by atomic mass is 32.2. The van der Waals surface area contributed by atoms with Gasteiger partial charge in [0.1, 0.15) is 5.75 Å². The average molecular weight is 362 g/mol. The van der Waals surface area contributed by atoms with Crippen molar-refractivity contribution in [1.29, 1.82) is 0 Å². The van der Waals surface area contributed by atoms with Crippen LogP contribution in [0.1, 0.15) is 31.7 Å². The molecule has 5 nitrogen and oxygen atoms in total. The van der Waals surface area contributed by atoms with E-state index < -0.39 is 10.0 Å². The van der Waals surface area contributed by atoms with Crippen molar-refractivity contribution < 1.29 is 13.5 Å². The summed E-state index contributed by atoms with van der Waals surface area (Å²) >= 11 is 0. The lowest BCUT2D eigenvalue weighted by molar-refractivity contribution is 0.199. The van der Waals surface area contributed by atoms with E-state index in [0.717, 1.165) is 42.3 Å². The van der Waals surface area contributed by atoms with Crippen molar-refractivity contribution in [2.75, 3.05) is 18.8 Å². The molecule has 0 radical (unpaired) electrons. The standard InChI is InChI=1S/C19H26N2O3S/c1-2-13-25(23,24)20-16-9-11-21(12-10-16)14-18-17-6-4-3-5-15(17)7-8-19(18)22/h3-8,16,20,22H,2,9-14H2,1H3. The molecule has 1 aliphatic rings.